The molecular formula is C32H31ClN2O5. The van der Waals surface area contributed by atoms with Gasteiger partial charge in [-0.2, -0.15) is 5.26 Å². The Morgan fingerprint density at radius 3 is 2.67 bits per heavy atom. The molecular weight excluding hydrogens is 528 g/mol. The number of esters is 1. The molecule has 0 amide bonds. The second kappa shape index (κ2) is 13.6. The fourth-order valence-electron chi connectivity index (χ4n) is 4.45. The van der Waals surface area contributed by atoms with Gasteiger partial charge in [0.15, 0.2) is 11.5 Å². The normalized spacial score (nSPS) is 14.3. The van der Waals surface area contributed by atoms with Crippen molar-refractivity contribution >= 4 is 23.6 Å². The number of hydrogen-bond acceptors (Lipinski definition) is 7. The molecule has 1 heterocycles. The van der Waals surface area contributed by atoms with Gasteiger partial charge < -0.3 is 24.7 Å². The second-order valence-electron chi connectivity index (χ2n) is 9.22. The van der Waals surface area contributed by atoms with Crippen molar-refractivity contribution in [2.75, 3.05) is 13.7 Å². The average molecular weight is 559 g/mol. The summed E-state index contributed by atoms with van der Waals surface area (Å²) in [5.41, 5.74) is 8.62. The zero-order valence-corrected chi connectivity index (χ0v) is 23.2. The number of carbonyl (C=O) groups is 1. The van der Waals surface area contributed by atoms with Crippen molar-refractivity contribution in [1.82, 2.24) is 0 Å². The number of rotatable bonds is 11. The van der Waals surface area contributed by atoms with Gasteiger partial charge in [0.2, 0.25) is 5.88 Å². The highest BCUT2D eigenvalue weighted by atomic mass is 35.5. The van der Waals surface area contributed by atoms with Gasteiger partial charge >= 0.3 is 5.97 Å². The summed E-state index contributed by atoms with van der Waals surface area (Å²) in [5.74, 6) is 0.748. The lowest BCUT2D eigenvalue weighted by atomic mass is 9.83. The number of ether oxygens (including phenoxy) is 4. The number of hydrogen-bond donors (Lipinski definition) is 1. The van der Waals surface area contributed by atoms with Crippen LogP contribution in [0.5, 0.6) is 23.0 Å². The van der Waals surface area contributed by atoms with E-state index < -0.39 is 11.9 Å². The van der Waals surface area contributed by atoms with E-state index >= 15 is 0 Å². The summed E-state index contributed by atoms with van der Waals surface area (Å²) < 4.78 is 22.8. The quantitative estimate of drug-likeness (QED) is 0.115. The highest BCUT2D eigenvalue weighted by molar-refractivity contribution is 6.32. The van der Waals surface area contributed by atoms with Gasteiger partial charge in [-0.15, -0.1) is 0 Å². The van der Waals surface area contributed by atoms with E-state index in [-0.39, 0.29) is 17.2 Å². The van der Waals surface area contributed by atoms with Crippen LogP contribution >= 0.6 is 11.6 Å². The maximum atomic E-state index is 12.4. The van der Waals surface area contributed by atoms with E-state index in [4.69, 9.17) is 36.3 Å². The number of halogens is 1. The molecule has 2 N–H and O–H groups in total. The first kappa shape index (κ1) is 28.6. The van der Waals surface area contributed by atoms with E-state index in [2.05, 4.69) is 13.0 Å². The summed E-state index contributed by atoms with van der Waals surface area (Å²) in [5, 5.41) is 10.4. The maximum Gasteiger partial charge on any atom is 0.336 e. The first-order chi connectivity index (χ1) is 19.4. The SMILES string of the molecule is CCCCCCOc1ccc(C2C(C#N)=C(N)Oc3cc(OC(=O)/C=C/c4ccccc4Cl)ccc32)cc1OC. The molecule has 0 aliphatic carbocycles. The minimum absolute atomic E-state index is 0.0164. The number of allylic oxidation sites excluding steroid dienone is 1. The van der Waals surface area contributed by atoms with Crippen molar-refractivity contribution in [2.24, 2.45) is 5.73 Å². The van der Waals surface area contributed by atoms with Crippen molar-refractivity contribution in [3.8, 4) is 29.1 Å². The molecule has 1 aliphatic rings. The van der Waals surface area contributed by atoms with Gasteiger partial charge in [0.05, 0.1) is 19.6 Å². The van der Waals surface area contributed by atoms with Crippen LogP contribution in [0.25, 0.3) is 6.08 Å². The highest BCUT2D eigenvalue weighted by Crippen LogP contribution is 2.45. The summed E-state index contributed by atoms with van der Waals surface area (Å²) >= 11 is 6.14. The fraction of sp³-hybridized carbons (Fsp3) is 0.250. The summed E-state index contributed by atoms with van der Waals surface area (Å²) in [6, 6.07) is 19.9. The molecule has 7 nitrogen and oxygen atoms in total. The Morgan fingerprint density at radius 2 is 1.93 bits per heavy atom. The average Bonchev–Trinajstić information content (AvgIpc) is 2.96. The molecule has 1 unspecified atom stereocenters. The monoisotopic (exact) mass is 558 g/mol. The summed E-state index contributed by atoms with van der Waals surface area (Å²) in [4.78, 5) is 12.4. The largest absolute Gasteiger partial charge is 0.493 e. The van der Waals surface area contributed by atoms with Crippen LogP contribution in [-0.4, -0.2) is 19.7 Å². The molecule has 3 aromatic carbocycles. The van der Waals surface area contributed by atoms with E-state index in [9.17, 15) is 10.1 Å². The molecule has 40 heavy (non-hydrogen) atoms. The van der Waals surface area contributed by atoms with Crippen LogP contribution in [-0.2, 0) is 4.79 Å². The third-order valence-corrected chi connectivity index (χ3v) is 6.83. The molecule has 0 spiro atoms. The zero-order valence-electron chi connectivity index (χ0n) is 22.5. The Bertz CT molecular complexity index is 1470. The van der Waals surface area contributed by atoms with Crippen LogP contribution < -0.4 is 24.7 Å². The molecule has 1 aliphatic heterocycles. The Labute approximate surface area is 239 Å². The van der Waals surface area contributed by atoms with E-state index in [1.54, 1.807) is 43.5 Å². The van der Waals surface area contributed by atoms with Gasteiger partial charge in [0.25, 0.3) is 0 Å². The smallest absolute Gasteiger partial charge is 0.336 e. The molecule has 206 valence electrons. The van der Waals surface area contributed by atoms with E-state index in [1.807, 2.05) is 30.3 Å². The lowest BCUT2D eigenvalue weighted by Crippen LogP contribution is -2.21. The number of nitrogens with zero attached hydrogens (tertiary/aromatic N) is 1. The standard InChI is InChI=1S/C32H31ClN2O5/c1-3-4-5-8-17-38-27-15-11-22(18-29(27)37-2)31-24-14-13-23(19-28(24)40-32(35)25(31)20-34)39-30(36)16-12-21-9-6-7-10-26(21)33/h6-7,9-16,18-19,31H,3-5,8,17,35H2,1-2H3/b16-12+. The molecule has 0 saturated heterocycles. The molecule has 0 radical (unpaired) electrons. The first-order valence-corrected chi connectivity index (χ1v) is 13.5. The summed E-state index contributed by atoms with van der Waals surface area (Å²) in [6.45, 7) is 2.77. The Kier molecular flexibility index (Phi) is 9.71. The van der Waals surface area contributed by atoms with Crippen LogP contribution in [0.1, 0.15) is 55.2 Å². The van der Waals surface area contributed by atoms with Crippen LogP contribution in [0.4, 0.5) is 0 Å². The van der Waals surface area contributed by atoms with E-state index in [1.165, 1.54) is 12.5 Å². The molecule has 0 fully saturated rings. The number of nitriles is 1. The number of unbranched alkanes of at least 4 members (excludes halogenated alkanes) is 3. The van der Waals surface area contributed by atoms with Crippen LogP contribution in [0.3, 0.4) is 0 Å². The van der Waals surface area contributed by atoms with Gasteiger partial charge in [-0.25, -0.2) is 4.79 Å². The van der Waals surface area contributed by atoms with E-state index in [0.29, 0.717) is 40.0 Å². The van der Waals surface area contributed by atoms with Crippen molar-refractivity contribution in [2.45, 2.75) is 38.5 Å². The Hall–Kier alpha value is -4.41. The van der Waals surface area contributed by atoms with Gasteiger partial charge in [-0.3, -0.25) is 0 Å². The molecule has 1 atom stereocenters. The topological polar surface area (TPSA) is 104 Å². The van der Waals surface area contributed by atoms with Gasteiger partial charge in [0.1, 0.15) is 23.1 Å². The summed E-state index contributed by atoms with van der Waals surface area (Å²) in [7, 11) is 1.58. The lowest BCUT2D eigenvalue weighted by molar-refractivity contribution is -0.128. The maximum absolute atomic E-state index is 12.4. The van der Waals surface area contributed by atoms with Crippen molar-refractivity contribution in [3.05, 3.63) is 99.9 Å². The molecule has 0 aromatic heterocycles. The van der Waals surface area contributed by atoms with Crippen molar-refractivity contribution < 1.29 is 23.7 Å². The van der Waals surface area contributed by atoms with Crippen molar-refractivity contribution in [1.29, 1.82) is 5.26 Å². The Morgan fingerprint density at radius 1 is 1.10 bits per heavy atom. The fourth-order valence-corrected chi connectivity index (χ4v) is 4.65. The first-order valence-electron chi connectivity index (χ1n) is 13.1. The van der Waals surface area contributed by atoms with Gasteiger partial charge in [0, 0.05) is 22.7 Å². The minimum atomic E-state index is -0.580. The molecule has 8 heteroatoms. The van der Waals surface area contributed by atoms with Crippen LogP contribution in [0.2, 0.25) is 5.02 Å². The number of methoxy groups -OCH3 is 1. The lowest BCUT2D eigenvalue weighted by Gasteiger charge is -2.27. The predicted molar refractivity (Wildman–Crippen MR) is 154 cm³/mol. The third kappa shape index (κ3) is 6.77. The van der Waals surface area contributed by atoms with E-state index in [0.717, 1.165) is 24.8 Å². The summed E-state index contributed by atoms with van der Waals surface area (Å²) in [6.07, 6.45) is 7.29. The Balaban J connectivity index is 1.56. The molecule has 0 bridgehead atoms. The third-order valence-electron chi connectivity index (χ3n) is 6.49. The second-order valence-corrected chi connectivity index (χ2v) is 9.63. The number of nitrogens with two attached hydrogens (primary N) is 1. The predicted octanol–water partition coefficient (Wildman–Crippen LogP) is 7.14. The molecule has 4 rings (SSSR count). The van der Waals surface area contributed by atoms with Gasteiger partial charge in [-0.1, -0.05) is 68.1 Å². The van der Waals surface area contributed by atoms with Gasteiger partial charge in [-0.05, 0) is 47.9 Å². The molecule has 0 saturated carbocycles. The number of carbonyl (C=O) groups excluding carboxylic acids is 1. The van der Waals surface area contributed by atoms with Crippen LogP contribution in [0.15, 0.2) is 78.2 Å². The number of fused-ring (bicyclic) bond motifs is 1. The zero-order chi connectivity index (χ0) is 28.5. The molecule has 3 aromatic rings. The van der Waals surface area contributed by atoms with Crippen molar-refractivity contribution in [3.63, 3.8) is 0 Å². The van der Waals surface area contributed by atoms with Crippen LogP contribution in [0, 0.1) is 11.3 Å². The highest BCUT2D eigenvalue weighted by Gasteiger charge is 2.31. The minimum Gasteiger partial charge on any atom is -0.493 e. The number of benzene rings is 3.